The van der Waals surface area contributed by atoms with Gasteiger partial charge in [0.2, 0.25) is 0 Å². The smallest absolute Gasteiger partial charge is 0.193 e. The van der Waals surface area contributed by atoms with E-state index in [-0.39, 0.29) is 5.43 Å². The molecule has 0 amide bonds. The highest BCUT2D eigenvalue weighted by Gasteiger charge is 2.20. The van der Waals surface area contributed by atoms with Gasteiger partial charge in [-0.3, -0.25) is 4.79 Å². The molecule has 0 aliphatic rings. The molecule has 1 aromatic heterocycles. The van der Waals surface area contributed by atoms with Crippen LogP contribution in [0.15, 0.2) is 57.7 Å². The molecular weight excluding hydrogens is 380 g/mol. The summed E-state index contributed by atoms with van der Waals surface area (Å²) in [6.07, 6.45) is 0. The highest BCUT2D eigenvalue weighted by atomic mass is 16.5. The Morgan fingerprint density at radius 1 is 0.767 bits per heavy atom. The molecule has 4 rings (SSSR count). The van der Waals surface area contributed by atoms with Crippen molar-refractivity contribution in [2.45, 2.75) is 19.8 Å². The van der Waals surface area contributed by atoms with Crippen LogP contribution in [-0.4, -0.2) is 21.3 Å². The summed E-state index contributed by atoms with van der Waals surface area (Å²) in [7, 11) is 4.73. The molecule has 4 aromatic rings. The second-order valence-electron chi connectivity index (χ2n) is 7.43. The lowest BCUT2D eigenvalue weighted by Gasteiger charge is -2.15. The number of rotatable bonds is 5. The van der Waals surface area contributed by atoms with Gasteiger partial charge in [-0.25, -0.2) is 0 Å². The summed E-state index contributed by atoms with van der Waals surface area (Å²) in [6.45, 7) is 4.29. The Balaban J connectivity index is 2.09. The van der Waals surface area contributed by atoms with Crippen LogP contribution in [0.5, 0.6) is 17.2 Å². The number of benzene rings is 3. The van der Waals surface area contributed by atoms with Gasteiger partial charge in [-0.05, 0) is 29.7 Å². The number of hydrogen-bond donors (Lipinski definition) is 0. The van der Waals surface area contributed by atoms with Crippen molar-refractivity contribution in [1.82, 2.24) is 0 Å². The molecule has 0 saturated heterocycles. The number of fused-ring (bicyclic) bond motifs is 3. The predicted molar refractivity (Wildman–Crippen MR) is 119 cm³/mol. The minimum atomic E-state index is -0.149. The molecule has 0 unspecified atom stereocenters. The maximum absolute atomic E-state index is 13.0. The van der Waals surface area contributed by atoms with Crippen LogP contribution >= 0.6 is 0 Å². The lowest BCUT2D eigenvalue weighted by molar-refractivity contribution is 0.400. The molecule has 3 aromatic carbocycles. The Morgan fingerprint density at radius 3 is 1.93 bits per heavy atom. The zero-order chi connectivity index (χ0) is 21.4. The van der Waals surface area contributed by atoms with Crippen molar-refractivity contribution in [3.8, 4) is 28.6 Å². The molecule has 0 fully saturated rings. The van der Waals surface area contributed by atoms with E-state index >= 15 is 0 Å². The van der Waals surface area contributed by atoms with Crippen LogP contribution in [0.4, 0.5) is 0 Å². The number of ether oxygens (including phenoxy) is 3. The average molecular weight is 404 g/mol. The van der Waals surface area contributed by atoms with Crippen LogP contribution in [0.3, 0.4) is 0 Å². The van der Waals surface area contributed by atoms with Crippen LogP contribution in [-0.2, 0) is 0 Å². The lowest BCUT2D eigenvalue weighted by Crippen LogP contribution is -2.03. The van der Waals surface area contributed by atoms with Gasteiger partial charge in [-0.2, -0.15) is 0 Å². The van der Waals surface area contributed by atoms with Gasteiger partial charge in [0.05, 0.1) is 37.5 Å². The van der Waals surface area contributed by atoms with Crippen molar-refractivity contribution in [2.24, 2.45) is 0 Å². The third-order valence-electron chi connectivity index (χ3n) is 5.38. The fourth-order valence-corrected chi connectivity index (χ4v) is 3.74. The first-order valence-electron chi connectivity index (χ1n) is 9.78. The molecule has 0 N–H and O–H groups in total. The van der Waals surface area contributed by atoms with Gasteiger partial charge >= 0.3 is 0 Å². The SMILES string of the molecule is COc1ccc(OC)c2c1c(OC)cc1c(=O)cc(-c3ccc(C(C)C)cc3)oc12. The third-order valence-corrected chi connectivity index (χ3v) is 5.38. The van der Waals surface area contributed by atoms with Crippen molar-refractivity contribution in [3.63, 3.8) is 0 Å². The largest absolute Gasteiger partial charge is 0.496 e. The zero-order valence-corrected chi connectivity index (χ0v) is 17.7. The first-order valence-corrected chi connectivity index (χ1v) is 9.78. The Bertz CT molecular complexity index is 1280. The average Bonchev–Trinajstić information content (AvgIpc) is 2.77. The van der Waals surface area contributed by atoms with E-state index in [0.29, 0.717) is 50.7 Å². The molecule has 0 aliphatic heterocycles. The van der Waals surface area contributed by atoms with Crippen molar-refractivity contribution in [3.05, 3.63) is 64.3 Å². The van der Waals surface area contributed by atoms with Gasteiger partial charge in [0.15, 0.2) is 11.0 Å². The standard InChI is InChI=1S/C25H24O5/c1-14(2)15-6-8-16(9-7-15)21-13-18(26)17-12-22(29-5)23-19(27-3)10-11-20(28-4)24(23)25(17)30-21/h6-14H,1-5H3. The summed E-state index contributed by atoms with van der Waals surface area (Å²) in [5, 5.41) is 1.76. The maximum Gasteiger partial charge on any atom is 0.193 e. The van der Waals surface area contributed by atoms with E-state index in [0.717, 1.165) is 5.56 Å². The van der Waals surface area contributed by atoms with Gasteiger partial charge in [-0.15, -0.1) is 0 Å². The fraction of sp³-hybridized carbons (Fsp3) is 0.240. The summed E-state index contributed by atoms with van der Waals surface area (Å²) in [5.41, 5.74) is 2.36. The van der Waals surface area contributed by atoms with E-state index in [4.69, 9.17) is 18.6 Å². The monoisotopic (exact) mass is 404 g/mol. The highest BCUT2D eigenvalue weighted by Crippen LogP contribution is 2.43. The first-order chi connectivity index (χ1) is 14.5. The zero-order valence-electron chi connectivity index (χ0n) is 17.7. The second kappa shape index (κ2) is 7.75. The molecule has 0 spiro atoms. The molecule has 30 heavy (non-hydrogen) atoms. The minimum Gasteiger partial charge on any atom is -0.496 e. The van der Waals surface area contributed by atoms with Crippen LogP contribution in [0.2, 0.25) is 0 Å². The topological polar surface area (TPSA) is 57.9 Å². The molecule has 0 bridgehead atoms. The Hall–Kier alpha value is -3.47. The van der Waals surface area contributed by atoms with E-state index in [1.807, 2.05) is 18.2 Å². The van der Waals surface area contributed by atoms with Crippen LogP contribution in [0.25, 0.3) is 33.1 Å². The van der Waals surface area contributed by atoms with Crippen LogP contribution in [0.1, 0.15) is 25.3 Å². The maximum atomic E-state index is 13.0. The summed E-state index contributed by atoms with van der Waals surface area (Å²) >= 11 is 0. The third kappa shape index (κ3) is 3.16. The first kappa shape index (κ1) is 19.8. The van der Waals surface area contributed by atoms with Gasteiger partial charge in [0, 0.05) is 11.6 Å². The van der Waals surface area contributed by atoms with E-state index in [1.54, 1.807) is 33.5 Å². The summed E-state index contributed by atoms with van der Waals surface area (Å²) < 4.78 is 23.0. The van der Waals surface area contributed by atoms with Crippen molar-refractivity contribution in [1.29, 1.82) is 0 Å². The van der Waals surface area contributed by atoms with E-state index in [2.05, 4.69) is 26.0 Å². The van der Waals surface area contributed by atoms with Gasteiger partial charge in [0.1, 0.15) is 23.0 Å². The molecule has 5 nitrogen and oxygen atoms in total. The van der Waals surface area contributed by atoms with Crippen LogP contribution in [0, 0.1) is 0 Å². The number of methoxy groups -OCH3 is 3. The quantitative estimate of drug-likeness (QED) is 0.396. The molecule has 154 valence electrons. The fourth-order valence-electron chi connectivity index (χ4n) is 3.74. The predicted octanol–water partition coefficient (Wildman–Crippen LogP) is 5.76. The van der Waals surface area contributed by atoms with Crippen molar-refractivity contribution >= 4 is 21.7 Å². The molecule has 5 heteroatoms. The van der Waals surface area contributed by atoms with Gasteiger partial charge in [-0.1, -0.05) is 38.1 Å². The summed E-state index contributed by atoms with van der Waals surface area (Å²) in [4.78, 5) is 13.0. The minimum absolute atomic E-state index is 0.149. The Morgan fingerprint density at radius 2 is 1.37 bits per heavy atom. The molecule has 1 heterocycles. The van der Waals surface area contributed by atoms with Gasteiger partial charge < -0.3 is 18.6 Å². The number of hydrogen-bond acceptors (Lipinski definition) is 5. The summed E-state index contributed by atoms with van der Waals surface area (Å²) in [6, 6.07) is 14.9. The van der Waals surface area contributed by atoms with E-state index < -0.39 is 0 Å². The Labute approximate surface area is 174 Å². The van der Waals surface area contributed by atoms with Gasteiger partial charge in [0.25, 0.3) is 0 Å². The molecule has 0 saturated carbocycles. The molecule has 0 atom stereocenters. The highest BCUT2D eigenvalue weighted by molar-refractivity contribution is 6.13. The van der Waals surface area contributed by atoms with E-state index in [9.17, 15) is 4.79 Å². The van der Waals surface area contributed by atoms with Crippen LogP contribution < -0.4 is 19.6 Å². The van der Waals surface area contributed by atoms with E-state index in [1.165, 1.54) is 11.6 Å². The molecule has 0 radical (unpaired) electrons. The molecule has 0 aliphatic carbocycles. The second-order valence-corrected chi connectivity index (χ2v) is 7.43. The van der Waals surface area contributed by atoms with Crippen molar-refractivity contribution in [2.75, 3.05) is 21.3 Å². The molecular formula is C25H24O5. The normalized spacial score (nSPS) is 11.3. The summed E-state index contributed by atoms with van der Waals surface area (Å²) in [5.74, 6) is 2.63. The van der Waals surface area contributed by atoms with Crippen molar-refractivity contribution < 1.29 is 18.6 Å². The Kier molecular flexibility index (Phi) is 5.12. The lowest BCUT2D eigenvalue weighted by atomic mass is 10.00.